The lowest BCUT2D eigenvalue weighted by molar-refractivity contribution is 0.568. The van der Waals surface area contributed by atoms with Crippen LogP contribution in [0.1, 0.15) is 5.56 Å². The van der Waals surface area contributed by atoms with Crippen LogP contribution in [0, 0.1) is 6.92 Å². The van der Waals surface area contributed by atoms with Gasteiger partial charge in [0.05, 0.1) is 23.6 Å². The lowest BCUT2D eigenvalue weighted by atomic mass is 9.99. The molecule has 5 nitrogen and oxygen atoms in total. The molecule has 0 aliphatic heterocycles. The molecule has 4 aromatic rings. The summed E-state index contributed by atoms with van der Waals surface area (Å²) in [6.07, 6.45) is 4.74. The maximum atomic E-state index is 5.99. The first-order valence-electron chi connectivity index (χ1n) is 7.23. The van der Waals surface area contributed by atoms with Gasteiger partial charge in [-0.1, -0.05) is 29.8 Å². The minimum absolute atomic E-state index is 0.426. The number of pyridine rings is 1. The van der Waals surface area contributed by atoms with E-state index in [0.29, 0.717) is 11.5 Å². The molecule has 23 heavy (non-hydrogen) atoms. The van der Waals surface area contributed by atoms with Crippen LogP contribution in [0.2, 0.25) is 0 Å². The molecule has 0 atom stereocenters. The lowest BCUT2D eigenvalue weighted by Crippen LogP contribution is -1.98. The zero-order valence-electron chi connectivity index (χ0n) is 12.5. The first-order valence-corrected chi connectivity index (χ1v) is 7.23. The van der Waals surface area contributed by atoms with Crippen LogP contribution in [0.25, 0.3) is 33.4 Å². The number of hydrogen-bond donors (Lipinski definition) is 1. The van der Waals surface area contributed by atoms with Crippen LogP contribution in [-0.4, -0.2) is 15.0 Å². The van der Waals surface area contributed by atoms with Gasteiger partial charge in [-0.3, -0.25) is 0 Å². The van der Waals surface area contributed by atoms with Crippen molar-refractivity contribution in [3.8, 4) is 22.4 Å². The minimum atomic E-state index is 0.426. The first kappa shape index (κ1) is 13.5. The maximum absolute atomic E-state index is 5.99. The number of benzene rings is 1. The molecule has 5 heteroatoms. The number of nitrogens with two attached hydrogens (primary N) is 1. The standard InChI is InChI=1S/C18H14N4O/c1-11-2-4-12(5-3-11)14-8-15-17(19)20-10-21-18(15)22-16(14)13-6-7-23-9-13/h2-10H,1H3,(H2,19,20,21,22). The number of aromatic nitrogens is 3. The molecule has 0 aliphatic rings. The zero-order chi connectivity index (χ0) is 15.8. The average Bonchev–Trinajstić information content (AvgIpc) is 3.09. The summed E-state index contributed by atoms with van der Waals surface area (Å²) < 4.78 is 5.22. The number of nitrogen functional groups attached to an aromatic ring is 1. The topological polar surface area (TPSA) is 77.8 Å². The third-order valence-corrected chi connectivity index (χ3v) is 3.81. The molecule has 0 saturated carbocycles. The summed E-state index contributed by atoms with van der Waals surface area (Å²) >= 11 is 0. The molecule has 4 rings (SSSR count). The number of aryl methyl sites for hydroxylation is 1. The number of furan rings is 1. The highest BCUT2D eigenvalue weighted by atomic mass is 16.3. The normalized spacial score (nSPS) is 11.0. The van der Waals surface area contributed by atoms with Crippen LogP contribution in [0.3, 0.4) is 0 Å². The summed E-state index contributed by atoms with van der Waals surface area (Å²) in [4.78, 5) is 13.0. The molecule has 0 bridgehead atoms. The molecule has 112 valence electrons. The molecule has 0 fully saturated rings. The zero-order valence-corrected chi connectivity index (χ0v) is 12.5. The minimum Gasteiger partial charge on any atom is -0.472 e. The molecule has 0 saturated heterocycles. The Bertz CT molecular complexity index is 976. The largest absolute Gasteiger partial charge is 0.472 e. The second-order valence-electron chi connectivity index (χ2n) is 5.39. The number of fused-ring (bicyclic) bond motifs is 1. The predicted octanol–water partition coefficient (Wildman–Crippen LogP) is 3.84. The molecular weight excluding hydrogens is 288 g/mol. The van der Waals surface area contributed by atoms with E-state index in [1.54, 1.807) is 12.5 Å². The molecule has 0 unspecified atom stereocenters. The molecule has 1 aromatic carbocycles. The molecule has 0 radical (unpaired) electrons. The van der Waals surface area contributed by atoms with Gasteiger partial charge >= 0.3 is 0 Å². The Morgan fingerprint density at radius 1 is 1.00 bits per heavy atom. The van der Waals surface area contributed by atoms with Crippen molar-refractivity contribution in [2.75, 3.05) is 5.73 Å². The Balaban J connectivity index is 2.05. The van der Waals surface area contributed by atoms with Gasteiger partial charge in [0.2, 0.25) is 0 Å². The number of rotatable bonds is 2. The van der Waals surface area contributed by atoms with E-state index in [4.69, 9.17) is 10.2 Å². The van der Waals surface area contributed by atoms with E-state index in [1.807, 2.05) is 12.1 Å². The molecule has 2 N–H and O–H groups in total. The van der Waals surface area contributed by atoms with E-state index in [2.05, 4.69) is 46.1 Å². The van der Waals surface area contributed by atoms with Crippen LogP contribution in [0.5, 0.6) is 0 Å². The Kier molecular flexibility index (Phi) is 3.05. The van der Waals surface area contributed by atoms with Crippen molar-refractivity contribution < 1.29 is 4.42 Å². The first-order chi connectivity index (χ1) is 11.2. The number of hydrogen-bond acceptors (Lipinski definition) is 5. The maximum Gasteiger partial charge on any atom is 0.165 e. The van der Waals surface area contributed by atoms with Gasteiger partial charge in [-0.2, -0.15) is 0 Å². The van der Waals surface area contributed by atoms with Crippen molar-refractivity contribution in [2.24, 2.45) is 0 Å². The average molecular weight is 302 g/mol. The van der Waals surface area contributed by atoms with E-state index in [0.717, 1.165) is 27.8 Å². The SMILES string of the molecule is Cc1ccc(-c2cc3c(N)ncnc3nc2-c2ccoc2)cc1. The van der Waals surface area contributed by atoms with Crippen molar-refractivity contribution in [2.45, 2.75) is 6.92 Å². The monoisotopic (exact) mass is 302 g/mol. The van der Waals surface area contributed by atoms with Gasteiger partial charge in [-0.25, -0.2) is 15.0 Å². The highest BCUT2D eigenvalue weighted by molar-refractivity contribution is 5.94. The van der Waals surface area contributed by atoms with Gasteiger partial charge < -0.3 is 10.2 Å². The van der Waals surface area contributed by atoms with Crippen molar-refractivity contribution in [3.63, 3.8) is 0 Å². The summed E-state index contributed by atoms with van der Waals surface area (Å²) in [5.74, 6) is 0.426. The van der Waals surface area contributed by atoms with Crippen molar-refractivity contribution in [1.82, 2.24) is 15.0 Å². The van der Waals surface area contributed by atoms with Crippen LogP contribution in [0.4, 0.5) is 5.82 Å². The van der Waals surface area contributed by atoms with E-state index in [9.17, 15) is 0 Å². The molecule has 3 heterocycles. The van der Waals surface area contributed by atoms with Gasteiger partial charge in [0.1, 0.15) is 12.1 Å². The van der Waals surface area contributed by atoms with Crippen LogP contribution >= 0.6 is 0 Å². The summed E-state index contributed by atoms with van der Waals surface area (Å²) in [5, 5.41) is 0.746. The van der Waals surface area contributed by atoms with Gasteiger partial charge in [-0.05, 0) is 24.6 Å². The third kappa shape index (κ3) is 2.32. The Morgan fingerprint density at radius 3 is 2.57 bits per heavy atom. The van der Waals surface area contributed by atoms with Gasteiger partial charge in [0.15, 0.2) is 5.65 Å². The van der Waals surface area contributed by atoms with Gasteiger partial charge in [-0.15, -0.1) is 0 Å². The molecular formula is C18H14N4O. The Morgan fingerprint density at radius 2 is 1.83 bits per heavy atom. The smallest absolute Gasteiger partial charge is 0.165 e. The second-order valence-corrected chi connectivity index (χ2v) is 5.39. The number of anilines is 1. The van der Waals surface area contributed by atoms with E-state index in [1.165, 1.54) is 11.9 Å². The van der Waals surface area contributed by atoms with Crippen molar-refractivity contribution >= 4 is 16.9 Å². The number of nitrogens with zero attached hydrogens (tertiary/aromatic N) is 3. The second kappa shape index (κ2) is 5.21. The Hall–Kier alpha value is -3.21. The van der Waals surface area contributed by atoms with Crippen molar-refractivity contribution in [1.29, 1.82) is 0 Å². The van der Waals surface area contributed by atoms with Crippen LogP contribution < -0.4 is 5.73 Å². The Labute approximate surface area is 132 Å². The summed E-state index contributed by atoms with van der Waals surface area (Å²) in [7, 11) is 0. The van der Waals surface area contributed by atoms with Crippen LogP contribution in [0.15, 0.2) is 59.7 Å². The fourth-order valence-corrected chi connectivity index (χ4v) is 2.58. The fourth-order valence-electron chi connectivity index (χ4n) is 2.58. The highest BCUT2D eigenvalue weighted by Crippen LogP contribution is 2.34. The molecule has 0 amide bonds. The molecule has 3 aromatic heterocycles. The highest BCUT2D eigenvalue weighted by Gasteiger charge is 2.14. The van der Waals surface area contributed by atoms with Gasteiger partial charge in [0.25, 0.3) is 0 Å². The van der Waals surface area contributed by atoms with E-state index in [-0.39, 0.29) is 0 Å². The molecule has 0 spiro atoms. The van der Waals surface area contributed by atoms with Gasteiger partial charge in [0, 0.05) is 11.1 Å². The lowest BCUT2D eigenvalue weighted by Gasteiger charge is -2.10. The van der Waals surface area contributed by atoms with E-state index < -0.39 is 0 Å². The molecule has 0 aliphatic carbocycles. The third-order valence-electron chi connectivity index (χ3n) is 3.81. The predicted molar refractivity (Wildman–Crippen MR) is 89.6 cm³/mol. The summed E-state index contributed by atoms with van der Waals surface area (Å²) in [5.41, 5.74) is 11.5. The van der Waals surface area contributed by atoms with E-state index >= 15 is 0 Å². The van der Waals surface area contributed by atoms with Crippen molar-refractivity contribution in [3.05, 3.63) is 60.8 Å². The van der Waals surface area contributed by atoms with Crippen LogP contribution in [-0.2, 0) is 0 Å². The summed E-state index contributed by atoms with van der Waals surface area (Å²) in [6.45, 7) is 2.06. The fraction of sp³-hybridized carbons (Fsp3) is 0.0556. The quantitative estimate of drug-likeness (QED) is 0.608. The summed E-state index contributed by atoms with van der Waals surface area (Å²) in [6, 6.07) is 12.2.